The van der Waals surface area contributed by atoms with E-state index in [-0.39, 0.29) is 11.4 Å². The monoisotopic (exact) mass is 262 g/mol. The Labute approximate surface area is 116 Å². The van der Waals surface area contributed by atoms with Crippen LogP contribution in [0.3, 0.4) is 0 Å². The summed E-state index contributed by atoms with van der Waals surface area (Å²) in [6, 6.07) is 8.33. The van der Waals surface area contributed by atoms with Crippen LogP contribution in [0.1, 0.15) is 44.2 Å². The second-order valence-electron chi connectivity index (χ2n) is 5.49. The number of nitrogens with two attached hydrogens (primary N) is 1. The van der Waals surface area contributed by atoms with Gasteiger partial charge in [-0.2, -0.15) is 0 Å². The Kier molecular flexibility index (Phi) is 6.03. The first-order chi connectivity index (χ1) is 8.99. The molecule has 0 aromatic heterocycles. The summed E-state index contributed by atoms with van der Waals surface area (Å²) in [6.45, 7) is 6.80. The van der Waals surface area contributed by atoms with Gasteiger partial charge in [0, 0.05) is 12.0 Å². The van der Waals surface area contributed by atoms with Crippen LogP contribution in [-0.2, 0) is 11.2 Å². The molecule has 0 fully saturated rings. The molecule has 0 saturated carbocycles. The average molecular weight is 262 g/mol. The van der Waals surface area contributed by atoms with E-state index in [1.165, 1.54) is 11.1 Å². The highest BCUT2D eigenvalue weighted by Gasteiger charge is 2.22. The summed E-state index contributed by atoms with van der Waals surface area (Å²) in [5.74, 6) is 0.110. The summed E-state index contributed by atoms with van der Waals surface area (Å²) in [5, 5.41) is 3.11. The van der Waals surface area contributed by atoms with Crippen molar-refractivity contribution in [3.8, 4) is 0 Å². The van der Waals surface area contributed by atoms with Gasteiger partial charge >= 0.3 is 0 Å². The Morgan fingerprint density at radius 3 is 2.47 bits per heavy atom. The molecule has 0 radical (unpaired) electrons. The zero-order valence-corrected chi connectivity index (χ0v) is 12.3. The number of benzene rings is 1. The quantitative estimate of drug-likeness (QED) is 0.793. The van der Waals surface area contributed by atoms with Crippen LogP contribution in [0.2, 0.25) is 0 Å². The molecule has 0 aliphatic heterocycles. The average Bonchev–Trinajstić information content (AvgIpc) is 2.38. The first-order valence-electron chi connectivity index (χ1n) is 7.06. The van der Waals surface area contributed by atoms with Crippen LogP contribution in [0, 0.1) is 6.92 Å². The van der Waals surface area contributed by atoms with E-state index >= 15 is 0 Å². The molecule has 1 amide bonds. The zero-order valence-electron chi connectivity index (χ0n) is 12.3. The molecule has 106 valence electrons. The SMILES string of the molecule is CCC(C)(CCN)NC(=O)CCc1ccc(C)cc1. The maximum Gasteiger partial charge on any atom is 0.220 e. The molecule has 1 unspecified atom stereocenters. The van der Waals surface area contributed by atoms with E-state index in [0.717, 1.165) is 19.3 Å². The topological polar surface area (TPSA) is 55.1 Å². The Morgan fingerprint density at radius 2 is 1.95 bits per heavy atom. The summed E-state index contributed by atoms with van der Waals surface area (Å²) in [4.78, 5) is 12.0. The Morgan fingerprint density at radius 1 is 1.32 bits per heavy atom. The largest absolute Gasteiger partial charge is 0.351 e. The van der Waals surface area contributed by atoms with Crippen molar-refractivity contribution >= 4 is 5.91 Å². The fraction of sp³-hybridized carbons (Fsp3) is 0.562. The minimum Gasteiger partial charge on any atom is -0.351 e. The number of rotatable bonds is 7. The van der Waals surface area contributed by atoms with Crippen molar-refractivity contribution in [2.75, 3.05) is 6.54 Å². The number of hydrogen-bond acceptors (Lipinski definition) is 2. The number of aryl methyl sites for hydroxylation is 2. The summed E-state index contributed by atoms with van der Waals surface area (Å²) >= 11 is 0. The fourth-order valence-electron chi connectivity index (χ4n) is 2.06. The van der Waals surface area contributed by atoms with Crippen LogP contribution in [0.25, 0.3) is 0 Å². The van der Waals surface area contributed by atoms with Crippen molar-refractivity contribution in [3.05, 3.63) is 35.4 Å². The van der Waals surface area contributed by atoms with E-state index in [9.17, 15) is 4.79 Å². The normalized spacial score (nSPS) is 13.9. The first-order valence-corrected chi connectivity index (χ1v) is 7.06. The molecule has 3 nitrogen and oxygen atoms in total. The van der Waals surface area contributed by atoms with E-state index in [1.54, 1.807) is 0 Å². The number of amides is 1. The lowest BCUT2D eigenvalue weighted by Crippen LogP contribution is -2.46. The molecule has 0 aliphatic rings. The molecule has 1 aromatic rings. The molecule has 0 spiro atoms. The molecule has 19 heavy (non-hydrogen) atoms. The standard InChI is InChI=1S/C16H26N2O/c1-4-16(3,11-12-17)18-15(19)10-9-14-7-5-13(2)6-8-14/h5-8H,4,9-12,17H2,1-3H3,(H,18,19). The molecular formula is C16H26N2O. The molecule has 1 aromatic carbocycles. The summed E-state index contributed by atoms with van der Waals surface area (Å²) < 4.78 is 0. The van der Waals surface area contributed by atoms with Gasteiger partial charge in [-0.05, 0) is 45.2 Å². The minimum absolute atomic E-state index is 0.110. The van der Waals surface area contributed by atoms with Crippen molar-refractivity contribution in [2.24, 2.45) is 5.73 Å². The van der Waals surface area contributed by atoms with E-state index in [2.05, 4.69) is 50.4 Å². The lowest BCUT2D eigenvalue weighted by atomic mass is 9.94. The summed E-state index contributed by atoms with van der Waals surface area (Å²) in [7, 11) is 0. The van der Waals surface area contributed by atoms with Gasteiger partial charge in [-0.1, -0.05) is 36.8 Å². The smallest absolute Gasteiger partial charge is 0.220 e. The number of hydrogen-bond donors (Lipinski definition) is 2. The van der Waals surface area contributed by atoms with Crippen LogP contribution < -0.4 is 11.1 Å². The third kappa shape index (κ3) is 5.43. The van der Waals surface area contributed by atoms with E-state index in [0.29, 0.717) is 13.0 Å². The van der Waals surface area contributed by atoms with E-state index in [4.69, 9.17) is 5.73 Å². The van der Waals surface area contributed by atoms with Gasteiger partial charge in [-0.15, -0.1) is 0 Å². The van der Waals surface area contributed by atoms with Crippen molar-refractivity contribution in [1.29, 1.82) is 0 Å². The number of carbonyl (C=O) groups excluding carboxylic acids is 1. The Balaban J connectivity index is 2.45. The minimum atomic E-state index is -0.168. The van der Waals surface area contributed by atoms with Gasteiger partial charge in [0.25, 0.3) is 0 Å². The summed E-state index contributed by atoms with van der Waals surface area (Å²) in [5.41, 5.74) is 7.88. The lowest BCUT2D eigenvalue weighted by molar-refractivity contribution is -0.122. The van der Waals surface area contributed by atoms with Crippen LogP contribution in [0.4, 0.5) is 0 Å². The Bertz CT molecular complexity index is 400. The highest BCUT2D eigenvalue weighted by atomic mass is 16.1. The molecular weight excluding hydrogens is 236 g/mol. The molecule has 0 heterocycles. The maximum atomic E-state index is 12.0. The van der Waals surface area contributed by atoms with Crippen LogP contribution in [0.15, 0.2) is 24.3 Å². The number of carbonyl (C=O) groups is 1. The van der Waals surface area contributed by atoms with E-state index < -0.39 is 0 Å². The Hall–Kier alpha value is -1.35. The third-order valence-electron chi connectivity index (χ3n) is 3.68. The second-order valence-corrected chi connectivity index (χ2v) is 5.49. The molecule has 1 atom stereocenters. The molecule has 0 saturated heterocycles. The third-order valence-corrected chi connectivity index (χ3v) is 3.68. The highest BCUT2D eigenvalue weighted by Crippen LogP contribution is 2.14. The predicted octanol–water partition coefficient (Wildman–Crippen LogP) is 2.56. The molecule has 1 rings (SSSR count). The maximum absolute atomic E-state index is 12.0. The molecule has 3 heteroatoms. The van der Waals surface area contributed by atoms with Gasteiger partial charge in [0.15, 0.2) is 0 Å². The molecule has 3 N–H and O–H groups in total. The second kappa shape index (κ2) is 7.29. The van der Waals surface area contributed by atoms with Crippen LogP contribution in [-0.4, -0.2) is 18.0 Å². The van der Waals surface area contributed by atoms with Crippen LogP contribution in [0.5, 0.6) is 0 Å². The van der Waals surface area contributed by atoms with Gasteiger partial charge in [-0.3, -0.25) is 4.79 Å². The summed E-state index contributed by atoms with van der Waals surface area (Å²) in [6.07, 6.45) is 3.04. The van der Waals surface area contributed by atoms with Gasteiger partial charge < -0.3 is 11.1 Å². The predicted molar refractivity (Wildman–Crippen MR) is 80.0 cm³/mol. The first kappa shape index (κ1) is 15.7. The van der Waals surface area contributed by atoms with Crippen molar-refractivity contribution in [1.82, 2.24) is 5.32 Å². The molecule has 0 aliphatic carbocycles. The van der Waals surface area contributed by atoms with Crippen molar-refractivity contribution in [3.63, 3.8) is 0 Å². The number of nitrogens with one attached hydrogen (secondary N) is 1. The lowest BCUT2D eigenvalue weighted by Gasteiger charge is -2.29. The van der Waals surface area contributed by atoms with Gasteiger partial charge in [-0.25, -0.2) is 0 Å². The van der Waals surface area contributed by atoms with Crippen molar-refractivity contribution < 1.29 is 4.79 Å². The molecule has 0 bridgehead atoms. The fourth-order valence-corrected chi connectivity index (χ4v) is 2.06. The van der Waals surface area contributed by atoms with Gasteiger partial charge in [0.05, 0.1) is 0 Å². The van der Waals surface area contributed by atoms with Gasteiger partial charge in [0.2, 0.25) is 5.91 Å². The van der Waals surface area contributed by atoms with Crippen LogP contribution >= 0.6 is 0 Å². The van der Waals surface area contributed by atoms with Gasteiger partial charge in [0.1, 0.15) is 0 Å². The highest BCUT2D eigenvalue weighted by molar-refractivity contribution is 5.77. The van der Waals surface area contributed by atoms with Crippen molar-refractivity contribution in [2.45, 2.75) is 52.0 Å². The zero-order chi connectivity index (χ0) is 14.3. The van der Waals surface area contributed by atoms with E-state index in [1.807, 2.05) is 0 Å².